The first-order chi connectivity index (χ1) is 14.9. The van der Waals surface area contributed by atoms with Gasteiger partial charge in [0, 0.05) is 0 Å². The summed E-state index contributed by atoms with van der Waals surface area (Å²) in [6.45, 7) is 0. The van der Waals surface area contributed by atoms with Gasteiger partial charge in [0.25, 0.3) is 5.91 Å². The number of amides is 1. The molecule has 0 aliphatic rings. The average molecular weight is 455 g/mol. The van der Waals surface area contributed by atoms with Gasteiger partial charge in [-0.2, -0.15) is 5.26 Å². The van der Waals surface area contributed by atoms with Crippen molar-refractivity contribution in [2.24, 2.45) is 0 Å². The van der Waals surface area contributed by atoms with Crippen LogP contribution >= 0.6 is 23.2 Å². The summed E-state index contributed by atoms with van der Waals surface area (Å²) in [5, 5.41) is 12.4. The number of anilines is 1. The van der Waals surface area contributed by atoms with E-state index >= 15 is 0 Å². The minimum Gasteiger partial charge on any atom is -0.423 e. The average Bonchev–Trinajstić information content (AvgIpc) is 2.75. The Hall–Kier alpha value is -3.66. The van der Waals surface area contributed by atoms with E-state index in [9.17, 15) is 19.2 Å². The van der Waals surface area contributed by atoms with Crippen LogP contribution in [0, 0.1) is 17.1 Å². The molecule has 0 saturated carbocycles. The summed E-state index contributed by atoms with van der Waals surface area (Å²) in [4.78, 5) is 24.7. The molecule has 0 atom stereocenters. The van der Waals surface area contributed by atoms with Gasteiger partial charge >= 0.3 is 5.97 Å². The van der Waals surface area contributed by atoms with Gasteiger partial charge in [-0.15, -0.1) is 0 Å². The van der Waals surface area contributed by atoms with Gasteiger partial charge in [0.15, 0.2) is 0 Å². The number of nitrogens with one attached hydrogen (secondary N) is 1. The number of carbonyl (C=O) groups excluding carboxylic acids is 2. The van der Waals surface area contributed by atoms with Gasteiger partial charge in [0.05, 0.1) is 21.3 Å². The van der Waals surface area contributed by atoms with Gasteiger partial charge < -0.3 is 10.1 Å². The molecule has 31 heavy (non-hydrogen) atoms. The van der Waals surface area contributed by atoms with Crippen LogP contribution in [0.5, 0.6) is 5.75 Å². The van der Waals surface area contributed by atoms with E-state index in [1.165, 1.54) is 36.4 Å². The maximum absolute atomic E-state index is 13.3. The molecule has 3 aromatic carbocycles. The van der Waals surface area contributed by atoms with Crippen molar-refractivity contribution >= 4 is 46.8 Å². The molecular formula is C23H13Cl2FN2O3. The molecule has 0 unspecified atom stereocenters. The van der Waals surface area contributed by atoms with Crippen LogP contribution in [0.2, 0.25) is 10.0 Å². The van der Waals surface area contributed by atoms with Gasteiger partial charge in [-0.3, -0.25) is 4.79 Å². The van der Waals surface area contributed by atoms with Crippen LogP contribution in [-0.4, -0.2) is 11.9 Å². The first kappa shape index (κ1) is 22.0. The monoisotopic (exact) mass is 454 g/mol. The fourth-order valence-corrected chi connectivity index (χ4v) is 3.05. The van der Waals surface area contributed by atoms with Crippen molar-refractivity contribution in [1.29, 1.82) is 5.26 Å². The minimum absolute atomic E-state index is 0.0506. The number of hydrogen-bond acceptors (Lipinski definition) is 4. The molecule has 0 aliphatic heterocycles. The van der Waals surface area contributed by atoms with E-state index < -0.39 is 17.7 Å². The van der Waals surface area contributed by atoms with Crippen LogP contribution in [0.1, 0.15) is 15.9 Å². The van der Waals surface area contributed by atoms with E-state index in [1.807, 2.05) is 6.07 Å². The number of carbonyl (C=O) groups is 2. The third kappa shape index (κ3) is 5.70. The Morgan fingerprint density at radius 1 is 1.00 bits per heavy atom. The lowest BCUT2D eigenvalue weighted by Gasteiger charge is -2.09. The first-order valence-electron chi connectivity index (χ1n) is 8.82. The van der Waals surface area contributed by atoms with Crippen LogP contribution in [0.15, 0.2) is 72.3 Å². The normalized spacial score (nSPS) is 10.8. The quantitative estimate of drug-likeness (QED) is 0.225. The highest BCUT2D eigenvalue weighted by Crippen LogP contribution is 2.30. The number of halogens is 3. The molecule has 0 spiro atoms. The molecular weight excluding hydrogens is 442 g/mol. The van der Waals surface area contributed by atoms with Crippen LogP contribution in [0.3, 0.4) is 0 Å². The van der Waals surface area contributed by atoms with Crippen molar-refractivity contribution in [2.45, 2.75) is 0 Å². The lowest BCUT2D eigenvalue weighted by atomic mass is 10.1. The lowest BCUT2D eigenvalue weighted by molar-refractivity contribution is -0.112. The Kier molecular flexibility index (Phi) is 7.03. The summed E-state index contributed by atoms with van der Waals surface area (Å²) < 4.78 is 18.5. The van der Waals surface area contributed by atoms with Gasteiger partial charge in [-0.1, -0.05) is 47.5 Å². The number of benzene rings is 3. The van der Waals surface area contributed by atoms with Gasteiger partial charge in [0.2, 0.25) is 0 Å². The second-order valence-electron chi connectivity index (χ2n) is 6.19. The van der Waals surface area contributed by atoms with Crippen molar-refractivity contribution in [2.75, 3.05) is 5.32 Å². The van der Waals surface area contributed by atoms with Crippen molar-refractivity contribution in [3.8, 4) is 11.8 Å². The minimum atomic E-state index is -0.743. The number of nitriles is 1. The van der Waals surface area contributed by atoms with E-state index in [-0.39, 0.29) is 32.6 Å². The first-order valence-corrected chi connectivity index (χ1v) is 9.58. The summed E-state index contributed by atoms with van der Waals surface area (Å²) >= 11 is 12.1. The molecule has 0 fully saturated rings. The smallest absolute Gasteiger partial charge is 0.343 e. The highest BCUT2D eigenvalue weighted by molar-refractivity contribution is 6.40. The fraction of sp³-hybridized carbons (Fsp3) is 0. The number of ether oxygens (including phenoxy) is 1. The maximum atomic E-state index is 13.3. The molecule has 154 valence electrons. The van der Waals surface area contributed by atoms with E-state index in [0.717, 1.165) is 6.07 Å². The molecule has 3 aromatic rings. The molecule has 0 bridgehead atoms. The summed E-state index contributed by atoms with van der Waals surface area (Å²) in [7, 11) is 0. The number of para-hydroxylation sites is 1. The Morgan fingerprint density at radius 3 is 2.35 bits per heavy atom. The van der Waals surface area contributed by atoms with Crippen LogP contribution in [-0.2, 0) is 4.79 Å². The molecule has 0 saturated heterocycles. The Balaban J connectivity index is 1.79. The predicted molar refractivity (Wildman–Crippen MR) is 116 cm³/mol. The molecule has 0 radical (unpaired) electrons. The fourth-order valence-electron chi connectivity index (χ4n) is 2.56. The highest BCUT2D eigenvalue weighted by Gasteiger charge is 2.14. The van der Waals surface area contributed by atoms with E-state index in [4.69, 9.17) is 27.9 Å². The second-order valence-corrected chi connectivity index (χ2v) is 7.01. The molecule has 3 rings (SSSR count). The predicted octanol–water partition coefficient (Wildman–Crippen LogP) is 5.90. The summed E-state index contributed by atoms with van der Waals surface area (Å²) in [6, 6.07) is 17.8. The Labute approximate surface area is 187 Å². The van der Waals surface area contributed by atoms with Crippen molar-refractivity contribution < 1.29 is 18.7 Å². The number of nitrogens with zero attached hydrogens (tertiary/aromatic N) is 1. The Morgan fingerprint density at radius 2 is 1.68 bits per heavy atom. The third-order valence-corrected chi connectivity index (χ3v) is 4.64. The number of hydrogen-bond donors (Lipinski definition) is 1. The second kappa shape index (κ2) is 9.90. The number of rotatable bonds is 5. The molecule has 0 aliphatic carbocycles. The molecule has 8 heteroatoms. The van der Waals surface area contributed by atoms with Crippen LogP contribution < -0.4 is 10.1 Å². The standard InChI is InChI=1S/C23H13Cl2FN2O3/c24-19-8-3-9-20(25)21(19)28-22(29)16(13-27)10-14-4-1-7-18(11-14)31-23(30)15-5-2-6-17(26)12-15/h1-12H,(H,28,29)/b16-10+. The van der Waals surface area contributed by atoms with E-state index in [2.05, 4.69) is 5.32 Å². The third-order valence-electron chi connectivity index (χ3n) is 4.01. The largest absolute Gasteiger partial charge is 0.423 e. The van der Waals surface area contributed by atoms with Crippen molar-refractivity contribution in [3.05, 3.63) is 99.3 Å². The Bertz CT molecular complexity index is 1220. The van der Waals surface area contributed by atoms with Crippen molar-refractivity contribution in [1.82, 2.24) is 0 Å². The zero-order valence-electron chi connectivity index (χ0n) is 15.7. The van der Waals surface area contributed by atoms with Gasteiger partial charge in [-0.25, -0.2) is 9.18 Å². The van der Waals surface area contributed by atoms with Crippen LogP contribution in [0.4, 0.5) is 10.1 Å². The molecule has 1 amide bonds. The summed E-state index contributed by atoms with van der Waals surface area (Å²) in [5.41, 5.74) is 0.454. The highest BCUT2D eigenvalue weighted by atomic mass is 35.5. The molecule has 5 nitrogen and oxygen atoms in total. The zero-order chi connectivity index (χ0) is 22.4. The van der Waals surface area contributed by atoms with E-state index in [1.54, 1.807) is 30.3 Å². The number of esters is 1. The zero-order valence-corrected chi connectivity index (χ0v) is 17.2. The molecule has 0 aromatic heterocycles. The molecule has 0 heterocycles. The van der Waals surface area contributed by atoms with E-state index in [0.29, 0.717) is 5.56 Å². The molecule has 1 N–H and O–H groups in total. The summed E-state index contributed by atoms with van der Waals surface area (Å²) in [6.07, 6.45) is 1.32. The maximum Gasteiger partial charge on any atom is 0.343 e. The van der Waals surface area contributed by atoms with Crippen LogP contribution in [0.25, 0.3) is 6.08 Å². The SMILES string of the molecule is N#C/C(=C\c1cccc(OC(=O)c2cccc(F)c2)c1)C(=O)Nc1c(Cl)cccc1Cl. The van der Waals surface area contributed by atoms with Gasteiger partial charge in [-0.05, 0) is 54.1 Å². The van der Waals surface area contributed by atoms with Crippen molar-refractivity contribution in [3.63, 3.8) is 0 Å². The summed E-state index contributed by atoms with van der Waals surface area (Å²) in [5.74, 6) is -1.85. The van der Waals surface area contributed by atoms with Gasteiger partial charge in [0.1, 0.15) is 23.2 Å². The lowest BCUT2D eigenvalue weighted by Crippen LogP contribution is -2.14. The topological polar surface area (TPSA) is 79.2 Å².